The number of hydrogen-bond donors (Lipinski definition) is 0. The average molecular weight is 396 g/mol. The highest BCUT2D eigenvalue weighted by Gasteiger charge is 2.20. The van der Waals surface area contributed by atoms with Crippen LogP contribution in [0, 0.1) is 13.8 Å². The van der Waals surface area contributed by atoms with Gasteiger partial charge in [-0.2, -0.15) is 5.10 Å². The molecular formula is C21H25N5OS. The topological polar surface area (TPSA) is 54.3 Å². The van der Waals surface area contributed by atoms with Gasteiger partial charge in [0.25, 0.3) is 5.56 Å². The second kappa shape index (κ2) is 8.24. The Hall–Kier alpha value is -2.51. The molecule has 0 radical (unpaired) electrons. The highest BCUT2D eigenvalue weighted by Crippen LogP contribution is 2.20. The molecule has 0 unspecified atom stereocenters. The molecule has 1 fully saturated rings. The first-order chi connectivity index (χ1) is 13.6. The summed E-state index contributed by atoms with van der Waals surface area (Å²) < 4.78 is 1.56. The van der Waals surface area contributed by atoms with Gasteiger partial charge in [0.1, 0.15) is 5.82 Å². The number of hydrogen-bond acceptors (Lipinski definition) is 6. The van der Waals surface area contributed by atoms with Crippen LogP contribution in [-0.2, 0) is 13.1 Å². The molecule has 3 heterocycles. The number of rotatable bonds is 5. The molecule has 0 N–H and O–H groups in total. The van der Waals surface area contributed by atoms with Gasteiger partial charge in [0.15, 0.2) is 0 Å². The lowest BCUT2D eigenvalue weighted by Crippen LogP contribution is -2.46. The van der Waals surface area contributed by atoms with E-state index in [1.165, 1.54) is 4.88 Å². The van der Waals surface area contributed by atoms with E-state index >= 15 is 0 Å². The van der Waals surface area contributed by atoms with E-state index in [0.29, 0.717) is 6.54 Å². The van der Waals surface area contributed by atoms with E-state index in [4.69, 9.17) is 0 Å². The summed E-state index contributed by atoms with van der Waals surface area (Å²) in [7, 11) is 0. The second-order valence-corrected chi connectivity index (χ2v) is 8.47. The molecule has 4 rings (SSSR count). The molecule has 1 aliphatic rings. The van der Waals surface area contributed by atoms with Crippen molar-refractivity contribution in [1.29, 1.82) is 0 Å². The lowest BCUT2D eigenvalue weighted by Gasteiger charge is -2.35. The van der Waals surface area contributed by atoms with Crippen molar-refractivity contribution >= 4 is 17.2 Å². The first-order valence-electron chi connectivity index (χ1n) is 9.61. The summed E-state index contributed by atoms with van der Waals surface area (Å²) in [5, 5.41) is 5.76. The van der Waals surface area contributed by atoms with Crippen LogP contribution in [0.3, 0.4) is 0 Å². The van der Waals surface area contributed by atoms with Crippen molar-refractivity contribution < 1.29 is 0 Å². The Balaban J connectivity index is 1.41. The van der Waals surface area contributed by atoms with E-state index in [1.54, 1.807) is 22.1 Å². The number of piperazine rings is 1. The summed E-state index contributed by atoms with van der Waals surface area (Å²) in [6, 6.07) is 13.4. The maximum atomic E-state index is 12.2. The van der Waals surface area contributed by atoms with Gasteiger partial charge in [-0.3, -0.25) is 9.69 Å². The molecule has 0 bridgehead atoms. The molecule has 2 aromatic heterocycles. The van der Waals surface area contributed by atoms with Gasteiger partial charge in [-0.05, 0) is 25.5 Å². The fourth-order valence-electron chi connectivity index (χ4n) is 3.53. The van der Waals surface area contributed by atoms with Gasteiger partial charge >= 0.3 is 0 Å². The van der Waals surface area contributed by atoms with Crippen LogP contribution in [0.25, 0.3) is 0 Å². The first kappa shape index (κ1) is 18.8. The summed E-state index contributed by atoms with van der Waals surface area (Å²) in [6.45, 7) is 9.40. The zero-order chi connectivity index (χ0) is 19.5. The predicted molar refractivity (Wildman–Crippen MR) is 113 cm³/mol. The van der Waals surface area contributed by atoms with Crippen molar-refractivity contribution in [3.8, 4) is 0 Å². The third kappa shape index (κ3) is 4.31. The molecule has 0 atom stereocenters. The van der Waals surface area contributed by atoms with Gasteiger partial charge in [0, 0.05) is 43.7 Å². The molecule has 1 saturated heterocycles. The Labute approximate surface area is 169 Å². The summed E-state index contributed by atoms with van der Waals surface area (Å²) in [5.74, 6) is 0.875. The Bertz CT molecular complexity index is 990. The molecule has 146 valence electrons. The van der Waals surface area contributed by atoms with E-state index in [2.05, 4.69) is 33.7 Å². The van der Waals surface area contributed by atoms with Gasteiger partial charge in [0.2, 0.25) is 0 Å². The van der Waals surface area contributed by atoms with E-state index in [1.807, 2.05) is 36.4 Å². The average Bonchev–Trinajstić information content (AvgIpc) is 3.02. The zero-order valence-electron chi connectivity index (χ0n) is 16.3. The summed E-state index contributed by atoms with van der Waals surface area (Å²) in [4.78, 5) is 22.8. The molecule has 1 aromatic carbocycles. The van der Waals surface area contributed by atoms with Crippen molar-refractivity contribution in [2.45, 2.75) is 26.9 Å². The number of benzene rings is 1. The van der Waals surface area contributed by atoms with Crippen molar-refractivity contribution in [3.63, 3.8) is 0 Å². The third-order valence-electron chi connectivity index (χ3n) is 5.09. The molecule has 0 amide bonds. The van der Waals surface area contributed by atoms with Gasteiger partial charge in [-0.15, -0.1) is 11.3 Å². The van der Waals surface area contributed by atoms with Crippen LogP contribution in [0.4, 0.5) is 5.82 Å². The molecule has 1 aliphatic heterocycles. The summed E-state index contributed by atoms with van der Waals surface area (Å²) >= 11 is 1.79. The standard InChI is InChI=1S/C21H25N5OS/c1-16-19(28-17(2)22-16)15-24-10-12-25(13-11-24)20-8-9-21(27)26(23-20)14-18-6-4-3-5-7-18/h3-9H,10-15H2,1-2H3. The minimum Gasteiger partial charge on any atom is -0.353 e. The molecule has 6 nitrogen and oxygen atoms in total. The number of nitrogens with zero attached hydrogens (tertiary/aromatic N) is 5. The monoisotopic (exact) mass is 395 g/mol. The summed E-state index contributed by atoms with van der Waals surface area (Å²) in [6.07, 6.45) is 0. The minimum absolute atomic E-state index is 0.0673. The Morgan fingerprint density at radius 3 is 2.39 bits per heavy atom. The van der Waals surface area contributed by atoms with E-state index in [0.717, 1.165) is 54.8 Å². The zero-order valence-corrected chi connectivity index (χ0v) is 17.2. The highest BCUT2D eigenvalue weighted by atomic mass is 32.1. The first-order valence-corrected chi connectivity index (χ1v) is 10.4. The predicted octanol–water partition coefficient (Wildman–Crippen LogP) is 2.69. The van der Waals surface area contributed by atoms with Crippen LogP contribution in [0.1, 0.15) is 21.1 Å². The fraction of sp³-hybridized carbons (Fsp3) is 0.381. The van der Waals surface area contributed by atoms with Crippen molar-refractivity contribution in [2.75, 3.05) is 31.1 Å². The quantitative estimate of drug-likeness (QED) is 0.665. The van der Waals surface area contributed by atoms with Gasteiger partial charge in [0.05, 0.1) is 17.2 Å². The Morgan fingerprint density at radius 1 is 0.964 bits per heavy atom. The van der Waals surface area contributed by atoms with Crippen molar-refractivity contribution in [2.24, 2.45) is 0 Å². The van der Waals surface area contributed by atoms with Gasteiger partial charge < -0.3 is 4.90 Å². The van der Waals surface area contributed by atoms with E-state index in [9.17, 15) is 4.79 Å². The van der Waals surface area contributed by atoms with Gasteiger partial charge in [-0.25, -0.2) is 9.67 Å². The third-order valence-corrected chi connectivity index (χ3v) is 6.15. The SMILES string of the molecule is Cc1nc(C)c(CN2CCN(c3ccc(=O)n(Cc4ccccc4)n3)CC2)s1. The number of aromatic nitrogens is 3. The van der Waals surface area contributed by atoms with Crippen LogP contribution in [0.15, 0.2) is 47.3 Å². The molecule has 28 heavy (non-hydrogen) atoms. The number of aryl methyl sites for hydroxylation is 2. The Kier molecular flexibility index (Phi) is 5.54. The smallest absolute Gasteiger partial charge is 0.267 e. The number of thiazole rings is 1. The van der Waals surface area contributed by atoms with Crippen LogP contribution in [-0.4, -0.2) is 45.8 Å². The van der Waals surface area contributed by atoms with Crippen molar-refractivity contribution in [1.82, 2.24) is 19.7 Å². The molecule has 0 saturated carbocycles. The minimum atomic E-state index is -0.0673. The van der Waals surface area contributed by atoms with Crippen LogP contribution >= 0.6 is 11.3 Å². The Morgan fingerprint density at radius 2 is 1.71 bits per heavy atom. The second-order valence-electron chi connectivity index (χ2n) is 7.18. The molecule has 0 aliphatic carbocycles. The lowest BCUT2D eigenvalue weighted by atomic mass is 10.2. The lowest BCUT2D eigenvalue weighted by molar-refractivity contribution is 0.250. The normalized spacial score (nSPS) is 15.1. The maximum absolute atomic E-state index is 12.2. The number of anilines is 1. The molecule has 0 spiro atoms. The summed E-state index contributed by atoms with van der Waals surface area (Å²) in [5.41, 5.74) is 2.16. The van der Waals surface area contributed by atoms with E-state index < -0.39 is 0 Å². The van der Waals surface area contributed by atoms with Gasteiger partial charge in [-0.1, -0.05) is 30.3 Å². The van der Waals surface area contributed by atoms with Crippen LogP contribution < -0.4 is 10.5 Å². The van der Waals surface area contributed by atoms with E-state index in [-0.39, 0.29) is 5.56 Å². The maximum Gasteiger partial charge on any atom is 0.267 e. The molecule has 3 aromatic rings. The van der Waals surface area contributed by atoms with Crippen LogP contribution in [0.5, 0.6) is 0 Å². The molecular weight excluding hydrogens is 370 g/mol. The van der Waals surface area contributed by atoms with Crippen molar-refractivity contribution in [3.05, 3.63) is 74.0 Å². The highest BCUT2D eigenvalue weighted by molar-refractivity contribution is 7.11. The fourth-order valence-corrected chi connectivity index (χ4v) is 4.51. The van der Waals surface area contributed by atoms with Crippen LogP contribution in [0.2, 0.25) is 0 Å². The largest absolute Gasteiger partial charge is 0.353 e. The molecule has 7 heteroatoms.